The fraction of sp³-hybridized carbons (Fsp3) is 0.682. The number of methoxy groups -OCH3 is 1. The molecule has 2 aliphatic rings. The molecule has 6 nitrogen and oxygen atoms in total. The molecule has 1 aliphatic heterocycles. The van der Waals surface area contributed by atoms with Crippen molar-refractivity contribution in [1.29, 1.82) is 0 Å². The predicted octanol–water partition coefficient (Wildman–Crippen LogP) is 3.45. The maximum absolute atomic E-state index is 12.1. The SMILES string of the molecule is COCC(=O)N1CCN(c2nc(C)nc3sc4c(c23)CC[C@@H](C(C)(C)C)C4)CC1. The molecule has 2 aromatic heterocycles. The molecule has 0 radical (unpaired) electrons. The fourth-order valence-corrected chi connectivity index (χ4v) is 5.95. The van der Waals surface area contributed by atoms with E-state index in [2.05, 4.69) is 25.7 Å². The Bertz CT molecular complexity index is 910. The van der Waals surface area contributed by atoms with E-state index in [0.717, 1.165) is 48.3 Å². The third-order valence-electron chi connectivity index (χ3n) is 6.43. The molecule has 0 unspecified atom stereocenters. The molecule has 4 rings (SSSR count). The van der Waals surface area contributed by atoms with Crippen molar-refractivity contribution in [3.8, 4) is 0 Å². The van der Waals surface area contributed by atoms with Crippen molar-refractivity contribution in [2.75, 3.05) is 44.8 Å². The van der Waals surface area contributed by atoms with Crippen molar-refractivity contribution in [2.24, 2.45) is 11.3 Å². The molecule has 2 aromatic rings. The molecular weight excluding hydrogens is 384 g/mol. The van der Waals surface area contributed by atoms with Crippen molar-refractivity contribution in [2.45, 2.75) is 47.0 Å². The second-order valence-electron chi connectivity index (χ2n) is 9.38. The van der Waals surface area contributed by atoms with Crippen molar-refractivity contribution >= 4 is 33.3 Å². The number of carbonyl (C=O) groups is 1. The summed E-state index contributed by atoms with van der Waals surface area (Å²) in [6.07, 6.45) is 3.50. The highest BCUT2D eigenvalue weighted by Crippen LogP contribution is 2.45. The van der Waals surface area contributed by atoms with Crippen LogP contribution in [0.25, 0.3) is 10.2 Å². The summed E-state index contributed by atoms with van der Waals surface area (Å²) >= 11 is 1.87. The summed E-state index contributed by atoms with van der Waals surface area (Å²) in [6.45, 7) is 12.2. The van der Waals surface area contributed by atoms with E-state index in [-0.39, 0.29) is 12.5 Å². The van der Waals surface area contributed by atoms with E-state index in [1.165, 1.54) is 22.2 Å². The van der Waals surface area contributed by atoms with E-state index < -0.39 is 0 Å². The maximum atomic E-state index is 12.1. The highest BCUT2D eigenvalue weighted by atomic mass is 32.1. The van der Waals surface area contributed by atoms with Crippen LogP contribution in [-0.4, -0.2) is 60.7 Å². The molecule has 1 aliphatic carbocycles. The summed E-state index contributed by atoms with van der Waals surface area (Å²) in [5.74, 6) is 2.68. The molecule has 0 N–H and O–H groups in total. The average molecular weight is 417 g/mol. The first kappa shape index (κ1) is 20.5. The number of ether oxygens (including phenoxy) is 1. The summed E-state index contributed by atoms with van der Waals surface area (Å²) in [5.41, 5.74) is 1.81. The lowest BCUT2D eigenvalue weighted by Crippen LogP contribution is -2.50. The summed E-state index contributed by atoms with van der Waals surface area (Å²) < 4.78 is 5.00. The minimum atomic E-state index is 0.0669. The number of aromatic nitrogens is 2. The van der Waals surface area contributed by atoms with E-state index in [0.29, 0.717) is 18.5 Å². The second-order valence-corrected chi connectivity index (χ2v) is 10.5. The Balaban J connectivity index is 1.63. The van der Waals surface area contributed by atoms with Gasteiger partial charge in [0.05, 0.1) is 5.39 Å². The van der Waals surface area contributed by atoms with Crippen LogP contribution in [0.1, 0.15) is 43.5 Å². The van der Waals surface area contributed by atoms with Crippen LogP contribution in [0.15, 0.2) is 0 Å². The van der Waals surface area contributed by atoms with Gasteiger partial charge in [0.15, 0.2) is 0 Å². The van der Waals surface area contributed by atoms with Crippen molar-refractivity contribution in [3.63, 3.8) is 0 Å². The number of nitrogens with zero attached hydrogens (tertiary/aromatic N) is 4. The van der Waals surface area contributed by atoms with Crippen LogP contribution in [0.2, 0.25) is 0 Å². The Morgan fingerprint density at radius 2 is 1.93 bits per heavy atom. The number of rotatable bonds is 3. The largest absolute Gasteiger partial charge is 0.375 e. The zero-order valence-corrected chi connectivity index (χ0v) is 19.1. The fourth-order valence-electron chi connectivity index (χ4n) is 4.61. The lowest BCUT2D eigenvalue weighted by molar-refractivity contribution is -0.135. The Hall–Kier alpha value is -1.73. The lowest BCUT2D eigenvalue weighted by Gasteiger charge is -2.36. The van der Waals surface area contributed by atoms with E-state index in [1.807, 2.05) is 23.2 Å². The van der Waals surface area contributed by atoms with E-state index in [4.69, 9.17) is 14.7 Å². The third kappa shape index (κ3) is 3.99. The van der Waals surface area contributed by atoms with Crippen LogP contribution in [0.5, 0.6) is 0 Å². The lowest BCUT2D eigenvalue weighted by atomic mass is 9.72. The first-order valence-corrected chi connectivity index (χ1v) is 11.4. The van der Waals surface area contributed by atoms with Gasteiger partial charge in [0, 0.05) is 38.2 Å². The van der Waals surface area contributed by atoms with Crippen LogP contribution in [0.3, 0.4) is 0 Å². The van der Waals surface area contributed by atoms with Gasteiger partial charge >= 0.3 is 0 Å². The normalized spacial score (nSPS) is 20.2. The van der Waals surface area contributed by atoms with Gasteiger partial charge in [-0.05, 0) is 43.1 Å². The Morgan fingerprint density at radius 1 is 1.21 bits per heavy atom. The number of fused-ring (bicyclic) bond motifs is 3. The van der Waals surface area contributed by atoms with E-state index >= 15 is 0 Å². The van der Waals surface area contributed by atoms with Gasteiger partial charge < -0.3 is 14.5 Å². The first-order valence-electron chi connectivity index (χ1n) is 10.6. The number of hydrogen-bond acceptors (Lipinski definition) is 6. The smallest absolute Gasteiger partial charge is 0.248 e. The van der Waals surface area contributed by atoms with Crippen molar-refractivity contribution < 1.29 is 9.53 Å². The zero-order valence-electron chi connectivity index (χ0n) is 18.2. The number of anilines is 1. The molecule has 7 heteroatoms. The van der Waals surface area contributed by atoms with Gasteiger partial charge in [-0.2, -0.15) is 0 Å². The highest BCUT2D eigenvalue weighted by Gasteiger charge is 2.33. The summed E-state index contributed by atoms with van der Waals surface area (Å²) in [5, 5.41) is 1.26. The number of aryl methyl sites for hydroxylation is 2. The molecule has 1 saturated heterocycles. The zero-order chi connectivity index (χ0) is 20.8. The highest BCUT2D eigenvalue weighted by molar-refractivity contribution is 7.19. The van der Waals surface area contributed by atoms with E-state index in [9.17, 15) is 4.79 Å². The predicted molar refractivity (Wildman–Crippen MR) is 118 cm³/mol. The Morgan fingerprint density at radius 3 is 2.59 bits per heavy atom. The number of carbonyl (C=O) groups excluding carboxylic acids is 1. The first-order chi connectivity index (χ1) is 13.8. The van der Waals surface area contributed by atoms with Gasteiger partial charge in [-0.3, -0.25) is 4.79 Å². The molecular formula is C22H32N4O2S. The van der Waals surface area contributed by atoms with Crippen LogP contribution >= 0.6 is 11.3 Å². The average Bonchev–Trinajstić information content (AvgIpc) is 3.04. The number of thiophene rings is 1. The molecule has 3 heterocycles. The van der Waals surface area contributed by atoms with Crippen LogP contribution in [-0.2, 0) is 22.4 Å². The minimum Gasteiger partial charge on any atom is -0.375 e. The van der Waals surface area contributed by atoms with E-state index in [1.54, 1.807) is 7.11 Å². The molecule has 1 amide bonds. The molecule has 0 aromatic carbocycles. The van der Waals surface area contributed by atoms with Gasteiger partial charge in [0.2, 0.25) is 5.91 Å². The molecule has 29 heavy (non-hydrogen) atoms. The molecule has 1 fully saturated rings. The van der Waals surface area contributed by atoms with Crippen LogP contribution in [0, 0.1) is 18.3 Å². The topological polar surface area (TPSA) is 58.6 Å². The van der Waals surface area contributed by atoms with Gasteiger partial charge in [-0.25, -0.2) is 9.97 Å². The number of hydrogen-bond donors (Lipinski definition) is 0. The Labute approximate surface area is 177 Å². The molecule has 0 spiro atoms. The molecule has 0 bridgehead atoms. The summed E-state index contributed by atoms with van der Waals surface area (Å²) in [7, 11) is 1.57. The van der Waals surface area contributed by atoms with Crippen LogP contribution < -0.4 is 4.90 Å². The van der Waals surface area contributed by atoms with Gasteiger partial charge in [-0.1, -0.05) is 20.8 Å². The van der Waals surface area contributed by atoms with Crippen molar-refractivity contribution in [3.05, 3.63) is 16.3 Å². The van der Waals surface area contributed by atoms with Crippen molar-refractivity contribution in [1.82, 2.24) is 14.9 Å². The summed E-state index contributed by atoms with van der Waals surface area (Å²) in [6, 6.07) is 0. The third-order valence-corrected chi connectivity index (χ3v) is 7.57. The quantitative estimate of drug-likeness (QED) is 0.767. The number of piperazine rings is 1. The summed E-state index contributed by atoms with van der Waals surface area (Å²) in [4.78, 5) is 28.7. The van der Waals surface area contributed by atoms with Crippen LogP contribution in [0.4, 0.5) is 5.82 Å². The number of amides is 1. The standard InChI is InChI=1S/C22H32N4O2S/c1-14-23-20(26-10-8-25(9-11-26)18(27)13-28-5)19-16-7-6-15(22(2,3)4)12-17(16)29-21(19)24-14/h15H,6-13H2,1-5H3/t15-/m1/s1. The molecule has 158 valence electrons. The Kier molecular flexibility index (Phi) is 5.55. The minimum absolute atomic E-state index is 0.0669. The monoisotopic (exact) mass is 416 g/mol. The van der Waals surface area contributed by atoms with Gasteiger partial charge in [0.1, 0.15) is 23.1 Å². The van der Waals surface area contributed by atoms with Gasteiger partial charge in [0.25, 0.3) is 0 Å². The molecule has 1 atom stereocenters. The maximum Gasteiger partial charge on any atom is 0.248 e. The van der Waals surface area contributed by atoms with Gasteiger partial charge in [-0.15, -0.1) is 11.3 Å². The second kappa shape index (κ2) is 7.84. The molecule has 0 saturated carbocycles.